The summed E-state index contributed by atoms with van der Waals surface area (Å²) in [6.45, 7) is 6.19. The zero-order valence-corrected chi connectivity index (χ0v) is 15.7. The first-order valence-electron chi connectivity index (χ1n) is 9.41. The van der Waals surface area contributed by atoms with E-state index in [1.165, 1.54) is 0 Å². The number of carbonyl (C=O) groups is 2. The summed E-state index contributed by atoms with van der Waals surface area (Å²) < 4.78 is 0. The third-order valence-electron chi connectivity index (χ3n) is 5.83. The highest BCUT2D eigenvalue weighted by Gasteiger charge is 2.61. The molecule has 7 nitrogen and oxygen atoms in total. The van der Waals surface area contributed by atoms with Gasteiger partial charge in [-0.25, -0.2) is 9.97 Å². The van der Waals surface area contributed by atoms with Gasteiger partial charge < -0.3 is 10.0 Å². The quantitative estimate of drug-likeness (QED) is 0.864. The summed E-state index contributed by atoms with van der Waals surface area (Å²) in [7, 11) is 0. The number of carbonyl (C=O) groups excluding carboxylic acids is 1. The van der Waals surface area contributed by atoms with Gasteiger partial charge in [-0.05, 0) is 25.5 Å². The van der Waals surface area contributed by atoms with E-state index >= 15 is 0 Å². The summed E-state index contributed by atoms with van der Waals surface area (Å²) >= 11 is 0. The van der Waals surface area contributed by atoms with Gasteiger partial charge in [0, 0.05) is 32.7 Å². The maximum absolute atomic E-state index is 12.7. The normalized spacial score (nSPS) is 25.3. The fraction of sp³-hybridized carbons (Fsp3) is 0.500. The molecule has 2 atom stereocenters. The molecule has 2 aliphatic heterocycles. The number of aliphatic carboxylic acids is 1. The van der Waals surface area contributed by atoms with Crippen LogP contribution in [0.4, 0.5) is 0 Å². The van der Waals surface area contributed by atoms with Gasteiger partial charge in [-0.3, -0.25) is 14.5 Å². The minimum atomic E-state index is -1.01. The maximum Gasteiger partial charge on any atom is 0.313 e. The van der Waals surface area contributed by atoms with E-state index in [9.17, 15) is 14.7 Å². The predicted molar refractivity (Wildman–Crippen MR) is 100.0 cm³/mol. The van der Waals surface area contributed by atoms with Crippen molar-refractivity contribution in [2.24, 2.45) is 11.3 Å². The van der Waals surface area contributed by atoms with Crippen LogP contribution in [0.25, 0.3) is 11.0 Å². The smallest absolute Gasteiger partial charge is 0.313 e. The van der Waals surface area contributed by atoms with Gasteiger partial charge in [-0.2, -0.15) is 0 Å². The van der Waals surface area contributed by atoms with Gasteiger partial charge in [0.1, 0.15) is 5.41 Å². The van der Waals surface area contributed by atoms with Gasteiger partial charge in [0.25, 0.3) is 0 Å². The van der Waals surface area contributed by atoms with Crippen LogP contribution in [0.2, 0.25) is 0 Å². The molecule has 0 bridgehead atoms. The number of carboxylic acids is 1. The molecule has 2 aliphatic rings. The summed E-state index contributed by atoms with van der Waals surface area (Å²) in [5.74, 6) is -1.37. The summed E-state index contributed by atoms with van der Waals surface area (Å²) in [6.07, 6.45) is 0.837. The van der Waals surface area contributed by atoms with Crippen LogP contribution in [0.1, 0.15) is 24.7 Å². The second-order valence-electron chi connectivity index (χ2n) is 7.69. The second kappa shape index (κ2) is 6.56. The first kappa shape index (κ1) is 17.9. The summed E-state index contributed by atoms with van der Waals surface area (Å²) in [5.41, 5.74) is 2.35. The Hall–Kier alpha value is -2.54. The number of carboxylic acid groups (broad SMARTS) is 1. The van der Waals surface area contributed by atoms with Gasteiger partial charge in [-0.15, -0.1) is 0 Å². The van der Waals surface area contributed by atoms with Crippen LogP contribution in [-0.2, 0) is 16.1 Å². The molecule has 0 spiro atoms. The SMILES string of the molecule is CCCN1C[C@@]2(C(=O)O)CN(Cc3nc4ccccc4nc3C)C[C@H]2C1=O. The molecule has 0 saturated carbocycles. The molecule has 1 amide bonds. The molecule has 3 heterocycles. The first-order valence-corrected chi connectivity index (χ1v) is 9.41. The van der Waals surface area contributed by atoms with E-state index in [4.69, 9.17) is 4.98 Å². The zero-order valence-electron chi connectivity index (χ0n) is 15.7. The Bertz CT molecular complexity index is 915. The number of nitrogens with zero attached hydrogens (tertiary/aromatic N) is 4. The van der Waals surface area contributed by atoms with Crippen molar-refractivity contribution < 1.29 is 14.7 Å². The Morgan fingerprint density at radius 3 is 2.59 bits per heavy atom. The molecule has 1 aromatic heterocycles. The highest BCUT2D eigenvalue weighted by Crippen LogP contribution is 2.44. The number of hydrogen-bond donors (Lipinski definition) is 1. The number of amides is 1. The largest absolute Gasteiger partial charge is 0.481 e. The average Bonchev–Trinajstić information content (AvgIpc) is 3.12. The van der Waals surface area contributed by atoms with E-state index in [2.05, 4.69) is 4.98 Å². The zero-order chi connectivity index (χ0) is 19.2. The molecule has 27 heavy (non-hydrogen) atoms. The lowest BCUT2D eigenvalue weighted by Gasteiger charge is -2.25. The van der Waals surface area contributed by atoms with Crippen molar-refractivity contribution in [3.63, 3.8) is 0 Å². The van der Waals surface area contributed by atoms with Gasteiger partial charge in [-0.1, -0.05) is 19.1 Å². The summed E-state index contributed by atoms with van der Waals surface area (Å²) in [6, 6.07) is 7.72. The molecule has 1 aromatic carbocycles. The lowest BCUT2D eigenvalue weighted by Crippen LogP contribution is -2.41. The van der Waals surface area contributed by atoms with E-state index in [1.807, 2.05) is 43.0 Å². The van der Waals surface area contributed by atoms with Gasteiger partial charge in [0.05, 0.1) is 28.3 Å². The van der Waals surface area contributed by atoms with Crippen molar-refractivity contribution in [2.75, 3.05) is 26.2 Å². The van der Waals surface area contributed by atoms with Crippen molar-refractivity contribution in [1.82, 2.24) is 19.8 Å². The first-order chi connectivity index (χ1) is 12.9. The molecule has 0 unspecified atom stereocenters. The highest BCUT2D eigenvalue weighted by atomic mass is 16.4. The van der Waals surface area contributed by atoms with Crippen molar-refractivity contribution >= 4 is 22.9 Å². The van der Waals surface area contributed by atoms with E-state index < -0.39 is 17.3 Å². The number of rotatable bonds is 5. The Labute approximate surface area is 158 Å². The number of benzene rings is 1. The van der Waals surface area contributed by atoms with Crippen LogP contribution in [-0.4, -0.2) is 62.9 Å². The second-order valence-corrected chi connectivity index (χ2v) is 7.69. The van der Waals surface area contributed by atoms with E-state index in [1.54, 1.807) is 4.90 Å². The van der Waals surface area contributed by atoms with Gasteiger partial charge >= 0.3 is 5.97 Å². The van der Waals surface area contributed by atoms with Crippen LogP contribution in [0.15, 0.2) is 24.3 Å². The van der Waals surface area contributed by atoms with Crippen molar-refractivity contribution in [1.29, 1.82) is 0 Å². The van der Waals surface area contributed by atoms with E-state index in [0.717, 1.165) is 28.8 Å². The maximum atomic E-state index is 12.7. The Morgan fingerprint density at radius 2 is 1.96 bits per heavy atom. The number of fused-ring (bicyclic) bond motifs is 2. The Kier molecular flexibility index (Phi) is 4.34. The Balaban J connectivity index is 1.59. The molecule has 1 N–H and O–H groups in total. The molecule has 7 heteroatoms. The fourth-order valence-corrected chi connectivity index (χ4v) is 4.47. The monoisotopic (exact) mass is 368 g/mol. The third kappa shape index (κ3) is 2.86. The molecule has 2 fully saturated rings. The average molecular weight is 368 g/mol. The van der Waals surface area contributed by atoms with Gasteiger partial charge in [0.15, 0.2) is 0 Å². The molecule has 0 radical (unpaired) electrons. The van der Waals surface area contributed by atoms with E-state index in [-0.39, 0.29) is 5.91 Å². The molecule has 2 saturated heterocycles. The number of aromatic nitrogens is 2. The van der Waals surface area contributed by atoms with E-state index in [0.29, 0.717) is 32.7 Å². The molecule has 4 rings (SSSR count). The number of para-hydroxylation sites is 2. The lowest BCUT2D eigenvalue weighted by molar-refractivity contribution is -0.149. The number of aryl methyl sites for hydroxylation is 1. The molecular weight excluding hydrogens is 344 g/mol. The fourth-order valence-electron chi connectivity index (χ4n) is 4.47. The Morgan fingerprint density at radius 1 is 1.26 bits per heavy atom. The standard InChI is InChI=1S/C20H24N4O3/c1-3-8-24-12-20(19(26)27)11-23(9-14(20)18(24)25)10-17-13(2)21-15-6-4-5-7-16(15)22-17/h4-7,14H,3,8-12H2,1-2H3,(H,26,27)/t14-,20-/m0/s1. The number of likely N-dealkylation sites (tertiary alicyclic amines) is 2. The lowest BCUT2D eigenvalue weighted by atomic mass is 9.81. The molecular formula is C20H24N4O3. The highest BCUT2D eigenvalue weighted by molar-refractivity contribution is 5.92. The van der Waals surface area contributed by atoms with Crippen LogP contribution in [0.5, 0.6) is 0 Å². The van der Waals surface area contributed by atoms with Gasteiger partial charge in [0.2, 0.25) is 5.91 Å². The number of hydrogen-bond acceptors (Lipinski definition) is 5. The van der Waals surface area contributed by atoms with Crippen LogP contribution in [0, 0.1) is 18.3 Å². The molecule has 142 valence electrons. The van der Waals surface area contributed by atoms with Crippen LogP contribution >= 0.6 is 0 Å². The van der Waals surface area contributed by atoms with Crippen molar-refractivity contribution in [2.45, 2.75) is 26.8 Å². The summed E-state index contributed by atoms with van der Waals surface area (Å²) in [5, 5.41) is 9.92. The minimum absolute atomic E-state index is 0.0249. The minimum Gasteiger partial charge on any atom is -0.481 e. The predicted octanol–water partition coefficient (Wildman–Crippen LogP) is 1.69. The topological polar surface area (TPSA) is 86.6 Å². The van der Waals surface area contributed by atoms with Crippen LogP contribution in [0.3, 0.4) is 0 Å². The van der Waals surface area contributed by atoms with Crippen molar-refractivity contribution in [3.05, 3.63) is 35.7 Å². The molecule has 0 aliphatic carbocycles. The third-order valence-corrected chi connectivity index (χ3v) is 5.83. The summed E-state index contributed by atoms with van der Waals surface area (Å²) in [4.78, 5) is 37.9. The molecule has 2 aromatic rings. The van der Waals surface area contributed by atoms with Crippen molar-refractivity contribution in [3.8, 4) is 0 Å². The van der Waals surface area contributed by atoms with Crippen LogP contribution < -0.4 is 0 Å².